The van der Waals surface area contributed by atoms with E-state index in [9.17, 15) is 13.6 Å². The maximum absolute atomic E-state index is 13.8. The molecule has 0 bridgehead atoms. The van der Waals surface area contributed by atoms with E-state index in [2.05, 4.69) is 4.98 Å². The summed E-state index contributed by atoms with van der Waals surface area (Å²) in [6.07, 6.45) is 1.06. The Morgan fingerprint density at radius 1 is 1.11 bits per heavy atom. The number of likely N-dealkylation sites (tertiary alicyclic amines) is 1. The second-order valence-corrected chi connectivity index (χ2v) is 8.35. The van der Waals surface area contributed by atoms with E-state index in [-0.39, 0.29) is 17.5 Å². The molecule has 2 aromatic carbocycles. The number of halogens is 4. The minimum atomic E-state index is -0.707. The molecule has 0 spiro atoms. The van der Waals surface area contributed by atoms with Crippen molar-refractivity contribution < 1.29 is 18.3 Å². The first-order valence-electron chi connectivity index (χ1n) is 8.56. The van der Waals surface area contributed by atoms with Crippen LogP contribution in [0.3, 0.4) is 0 Å². The molecule has 0 unspecified atom stereocenters. The molecule has 9 heteroatoms. The first kappa shape index (κ1) is 19.4. The second-order valence-electron chi connectivity index (χ2n) is 6.48. The number of benzene rings is 2. The third kappa shape index (κ3) is 4.06. The van der Waals surface area contributed by atoms with Gasteiger partial charge in [-0.2, -0.15) is 4.98 Å². The van der Waals surface area contributed by atoms with Crippen LogP contribution >= 0.6 is 34.5 Å². The molecule has 0 N–H and O–H groups in total. The summed E-state index contributed by atoms with van der Waals surface area (Å²) in [4.78, 5) is 18.5. The van der Waals surface area contributed by atoms with E-state index in [4.69, 9.17) is 27.9 Å². The van der Waals surface area contributed by atoms with Crippen molar-refractivity contribution in [2.75, 3.05) is 13.1 Å². The maximum Gasteiger partial charge on any atom is 0.274 e. The van der Waals surface area contributed by atoms with Crippen LogP contribution in [0, 0.1) is 11.6 Å². The summed E-state index contributed by atoms with van der Waals surface area (Å²) < 4.78 is 33.3. The number of carbonyl (C=O) groups is 1. The van der Waals surface area contributed by atoms with Gasteiger partial charge in [-0.25, -0.2) is 8.78 Å². The molecule has 28 heavy (non-hydrogen) atoms. The summed E-state index contributed by atoms with van der Waals surface area (Å²) in [5, 5.41) is 1.12. The minimum Gasteiger partial charge on any atom is -0.467 e. The maximum atomic E-state index is 13.8. The average Bonchev–Trinajstić information content (AvgIpc) is 3.03. The summed E-state index contributed by atoms with van der Waals surface area (Å²) in [7, 11) is 0. The van der Waals surface area contributed by atoms with Crippen molar-refractivity contribution in [3.8, 4) is 5.19 Å². The van der Waals surface area contributed by atoms with Gasteiger partial charge in [-0.1, -0.05) is 34.5 Å². The van der Waals surface area contributed by atoms with Gasteiger partial charge in [0.25, 0.3) is 11.1 Å². The predicted octanol–water partition coefficient (Wildman–Crippen LogP) is 5.56. The summed E-state index contributed by atoms with van der Waals surface area (Å²) >= 11 is 13.0. The lowest BCUT2D eigenvalue weighted by Gasteiger charge is -2.31. The van der Waals surface area contributed by atoms with Crippen LogP contribution in [0.1, 0.15) is 23.2 Å². The fourth-order valence-corrected chi connectivity index (χ4v) is 4.61. The number of hydrogen-bond donors (Lipinski definition) is 0. The lowest BCUT2D eigenvalue weighted by molar-refractivity contribution is 0.0595. The fourth-order valence-electron chi connectivity index (χ4n) is 3.17. The van der Waals surface area contributed by atoms with Gasteiger partial charge >= 0.3 is 0 Å². The number of thiazole rings is 1. The van der Waals surface area contributed by atoms with Crippen molar-refractivity contribution in [1.29, 1.82) is 0 Å². The molecule has 1 aliphatic rings. The van der Waals surface area contributed by atoms with Crippen molar-refractivity contribution in [1.82, 2.24) is 9.88 Å². The largest absolute Gasteiger partial charge is 0.467 e. The predicted molar refractivity (Wildman–Crippen MR) is 106 cm³/mol. The molecule has 1 aromatic heterocycles. The highest BCUT2D eigenvalue weighted by Crippen LogP contribution is 2.32. The van der Waals surface area contributed by atoms with Gasteiger partial charge in [0.1, 0.15) is 17.4 Å². The van der Waals surface area contributed by atoms with Crippen LogP contribution in [0.2, 0.25) is 10.0 Å². The van der Waals surface area contributed by atoms with E-state index in [1.54, 1.807) is 23.1 Å². The number of aromatic nitrogens is 1. The molecule has 4 nitrogen and oxygen atoms in total. The quantitative estimate of drug-likeness (QED) is 0.532. The van der Waals surface area contributed by atoms with E-state index >= 15 is 0 Å². The molecule has 1 saturated heterocycles. The molecule has 1 amide bonds. The minimum absolute atomic E-state index is 0.104. The molecule has 2 heterocycles. The highest BCUT2D eigenvalue weighted by Gasteiger charge is 2.26. The smallest absolute Gasteiger partial charge is 0.274 e. The van der Waals surface area contributed by atoms with Crippen molar-refractivity contribution in [2.45, 2.75) is 18.9 Å². The Bertz CT molecular complexity index is 1030. The summed E-state index contributed by atoms with van der Waals surface area (Å²) in [5.74, 6) is -1.49. The van der Waals surface area contributed by atoms with Gasteiger partial charge in [-0.3, -0.25) is 4.79 Å². The molecule has 4 rings (SSSR count). The normalized spacial score (nSPS) is 15.2. The molecule has 0 aliphatic carbocycles. The van der Waals surface area contributed by atoms with Crippen LogP contribution in [-0.2, 0) is 0 Å². The number of fused-ring (bicyclic) bond motifs is 1. The first-order chi connectivity index (χ1) is 13.4. The monoisotopic (exact) mass is 442 g/mol. The van der Waals surface area contributed by atoms with E-state index in [0.29, 0.717) is 51.4 Å². The van der Waals surface area contributed by atoms with Crippen molar-refractivity contribution in [3.05, 3.63) is 57.6 Å². The number of ether oxygens (including phenoxy) is 1. The van der Waals surface area contributed by atoms with Gasteiger partial charge in [0, 0.05) is 47.6 Å². The fraction of sp³-hybridized carbons (Fsp3) is 0.263. The molecular formula is C19H14Cl2F2N2O2S. The highest BCUT2D eigenvalue weighted by atomic mass is 35.5. The lowest BCUT2D eigenvalue weighted by Crippen LogP contribution is -2.41. The number of carbonyl (C=O) groups excluding carboxylic acids is 1. The van der Waals surface area contributed by atoms with Gasteiger partial charge in [0.15, 0.2) is 5.82 Å². The van der Waals surface area contributed by atoms with Crippen LogP contribution in [0.4, 0.5) is 8.78 Å². The Kier molecular flexibility index (Phi) is 5.40. The van der Waals surface area contributed by atoms with Gasteiger partial charge in [0.05, 0.1) is 4.70 Å². The summed E-state index contributed by atoms with van der Waals surface area (Å²) in [6.45, 7) is 1.00. The summed E-state index contributed by atoms with van der Waals surface area (Å²) in [5.41, 5.74) is 0.549. The van der Waals surface area contributed by atoms with Crippen LogP contribution in [0.5, 0.6) is 5.19 Å². The third-order valence-electron chi connectivity index (χ3n) is 4.50. The topological polar surface area (TPSA) is 42.4 Å². The number of piperidine rings is 1. The Labute approximate surface area is 173 Å². The Hall–Kier alpha value is -1.96. The standard InChI is InChI=1S/C19H14Cl2F2N2O2S/c20-11-5-10(6-12(21)7-11)18(26)25-3-1-14(2-4-25)27-19-24-17-15(23)8-13(22)9-16(17)28-19/h5-9,14H,1-4H2. The zero-order valence-corrected chi connectivity index (χ0v) is 16.8. The van der Waals surface area contributed by atoms with Crippen LogP contribution in [0.15, 0.2) is 30.3 Å². The van der Waals surface area contributed by atoms with Crippen LogP contribution in [-0.4, -0.2) is 35.0 Å². The van der Waals surface area contributed by atoms with Crippen molar-refractivity contribution in [3.63, 3.8) is 0 Å². The molecule has 0 atom stereocenters. The molecular weight excluding hydrogens is 429 g/mol. The van der Waals surface area contributed by atoms with Crippen LogP contribution in [0.25, 0.3) is 10.2 Å². The zero-order chi connectivity index (χ0) is 19.8. The average molecular weight is 443 g/mol. The Balaban J connectivity index is 1.40. The van der Waals surface area contributed by atoms with Gasteiger partial charge in [0.2, 0.25) is 0 Å². The number of nitrogens with zero attached hydrogens (tertiary/aromatic N) is 2. The molecule has 0 saturated carbocycles. The first-order valence-corrected chi connectivity index (χ1v) is 10.1. The van der Waals surface area contributed by atoms with E-state index in [0.717, 1.165) is 17.4 Å². The Morgan fingerprint density at radius 2 is 1.79 bits per heavy atom. The number of rotatable bonds is 3. The molecule has 1 aliphatic heterocycles. The third-order valence-corrected chi connectivity index (χ3v) is 5.83. The van der Waals surface area contributed by atoms with E-state index < -0.39 is 11.6 Å². The van der Waals surface area contributed by atoms with Gasteiger partial charge in [-0.15, -0.1) is 0 Å². The molecule has 146 valence electrons. The number of hydrogen-bond acceptors (Lipinski definition) is 4. The van der Waals surface area contributed by atoms with Crippen LogP contribution < -0.4 is 4.74 Å². The van der Waals surface area contributed by atoms with Crippen molar-refractivity contribution in [2.24, 2.45) is 0 Å². The highest BCUT2D eigenvalue weighted by molar-refractivity contribution is 7.20. The summed E-state index contributed by atoms with van der Waals surface area (Å²) in [6, 6.07) is 6.80. The molecule has 0 radical (unpaired) electrons. The van der Waals surface area contributed by atoms with E-state index in [1.807, 2.05) is 0 Å². The van der Waals surface area contributed by atoms with E-state index in [1.165, 1.54) is 6.07 Å². The molecule has 3 aromatic rings. The van der Waals surface area contributed by atoms with Gasteiger partial charge in [-0.05, 0) is 24.3 Å². The van der Waals surface area contributed by atoms with Crippen molar-refractivity contribution >= 4 is 50.7 Å². The molecule has 1 fully saturated rings. The SMILES string of the molecule is O=C(c1cc(Cl)cc(Cl)c1)N1CCC(Oc2nc3c(F)cc(F)cc3s2)CC1. The zero-order valence-electron chi connectivity index (χ0n) is 14.4. The van der Waals surface area contributed by atoms with Gasteiger partial charge < -0.3 is 9.64 Å². The lowest BCUT2D eigenvalue weighted by atomic mass is 10.1. The Morgan fingerprint density at radius 3 is 2.46 bits per heavy atom. The number of amides is 1. The second kappa shape index (κ2) is 7.81.